The first kappa shape index (κ1) is 29.4. The molecule has 4 nitrogen and oxygen atoms in total. The number of rotatable bonds is 24. The smallest absolute Gasteiger partial charge is 0.306 e. The Morgan fingerprint density at radius 2 is 0.867 bits per heavy atom. The molecular weight excluding hydrogens is 376 g/mol. The number of unbranched alkanes of at least 4 members (excludes halogenated alkanes) is 19. The van der Waals surface area contributed by atoms with Gasteiger partial charge in [0.25, 0.3) is 0 Å². The highest BCUT2D eigenvalue weighted by atomic mass is 16.6. The summed E-state index contributed by atoms with van der Waals surface area (Å²) in [6.45, 7) is 1.65. The van der Waals surface area contributed by atoms with Crippen LogP contribution in [0, 0.1) is 0 Å². The van der Waals surface area contributed by atoms with Crippen molar-refractivity contribution >= 4 is 5.97 Å². The van der Waals surface area contributed by atoms with Gasteiger partial charge >= 0.3 is 5.97 Å². The van der Waals surface area contributed by atoms with Crippen molar-refractivity contribution < 1.29 is 19.7 Å². The molecule has 0 saturated heterocycles. The van der Waals surface area contributed by atoms with Crippen molar-refractivity contribution in [2.24, 2.45) is 0 Å². The number of hydrogen-bond acceptors (Lipinski definition) is 4. The average molecular weight is 429 g/mol. The first-order valence-electron chi connectivity index (χ1n) is 13.2. The van der Waals surface area contributed by atoms with Gasteiger partial charge < -0.3 is 14.9 Å². The molecule has 0 amide bonds. The minimum atomic E-state index is -0.761. The molecule has 0 aromatic heterocycles. The van der Waals surface area contributed by atoms with Gasteiger partial charge in [-0.25, -0.2) is 0 Å². The second kappa shape index (κ2) is 24.7. The fourth-order valence-electron chi connectivity index (χ4n) is 3.90. The number of ether oxygens (including phenoxy) is 1. The molecule has 0 fully saturated rings. The van der Waals surface area contributed by atoms with Crippen molar-refractivity contribution in [3.63, 3.8) is 0 Å². The summed E-state index contributed by atoms with van der Waals surface area (Å²) in [5.41, 5.74) is 0. The molecule has 30 heavy (non-hydrogen) atoms. The number of hydrogen-bond donors (Lipinski definition) is 2. The third kappa shape index (κ3) is 22.1. The highest BCUT2D eigenvalue weighted by Gasteiger charge is 2.11. The van der Waals surface area contributed by atoms with Crippen molar-refractivity contribution in [1.29, 1.82) is 0 Å². The van der Waals surface area contributed by atoms with Crippen molar-refractivity contribution in [1.82, 2.24) is 0 Å². The maximum Gasteiger partial charge on any atom is 0.306 e. The van der Waals surface area contributed by atoms with E-state index in [1.807, 2.05) is 0 Å². The van der Waals surface area contributed by atoms with Crippen LogP contribution in [-0.2, 0) is 9.53 Å². The van der Waals surface area contributed by atoms with E-state index < -0.39 is 6.10 Å². The molecule has 0 aromatic carbocycles. The topological polar surface area (TPSA) is 66.8 Å². The van der Waals surface area contributed by atoms with Crippen LogP contribution in [0.2, 0.25) is 0 Å². The van der Waals surface area contributed by atoms with Crippen LogP contribution >= 0.6 is 0 Å². The summed E-state index contributed by atoms with van der Waals surface area (Å²) in [6.07, 6.45) is 26.4. The fourth-order valence-corrected chi connectivity index (χ4v) is 3.90. The van der Waals surface area contributed by atoms with Gasteiger partial charge in [-0.1, -0.05) is 129 Å². The van der Waals surface area contributed by atoms with Crippen LogP contribution in [0.15, 0.2) is 0 Å². The number of aliphatic hydroxyl groups is 2. The molecule has 0 radical (unpaired) electrons. The molecule has 0 rings (SSSR count). The van der Waals surface area contributed by atoms with E-state index in [9.17, 15) is 4.79 Å². The molecule has 0 bridgehead atoms. The Bertz CT molecular complexity index is 342. The molecule has 180 valence electrons. The Labute approximate surface area is 187 Å². The Hall–Kier alpha value is -0.610. The average Bonchev–Trinajstić information content (AvgIpc) is 2.76. The van der Waals surface area contributed by atoms with E-state index in [0.29, 0.717) is 6.42 Å². The van der Waals surface area contributed by atoms with Crippen LogP contribution in [0.25, 0.3) is 0 Å². The lowest BCUT2D eigenvalue weighted by molar-refractivity contribution is -0.153. The lowest BCUT2D eigenvalue weighted by atomic mass is 10.0. The normalized spacial score (nSPS) is 11.3. The van der Waals surface area contributed by atoms with Gasteiger partial charge in [0.05, 0.1) is 13.2 Å². The summed E-state index contributed by atoms with van der Waals surface area (Å²) in [4.78, 5) is 11.5. The summed E-state index contributed by atoms with van der Waals surface area (Å²) in [5, 5.41) is 17.8. The Balaban J connectivity index is 3.14. The SMILES string of the molecule is CCCCCCCCCCCCCCCCCCCCCCC(=O)OC(CO)CO. The van der Waals surface area contributed by atoms with Crippen molar-refractivity contribution in [3.8, 4) is 0 Å². The molecule has 0 unspecified atom stereocenters. The second-order valence-electron chi connectivity index (χ2n) is 8.94. The highest BCUT2D eigenvalue weighted by Crippen LogP contribution is 2.15. The van der Waals surface area contributed by atoms with Gasteiger partial charge in [-0.15, -0.1) is 0 Å². The number of aliphatic hydroxyl groups excluding tert-OH is 2. The minimum absolute atomic E-state index is 0.314. The number of carbonyl (C=O) groups excluding carboxylic acids is 1. The van der Waals surface area contributed by atoms with Gasteiger partial charge in [0, 0.05) is 6.42 Å². The van der Waals surface area contributed by atoms with Gasteiger partial charge in [-0.3, -0.25) is 4.79 Å². The van der Waals surface area contributed by atoms with Gasteiger partial charge in [-0.05, 0) is 6.42 Å². The Morgan fingerprint density at radius 1 is 0.567 bits per heavy atom. The van der Waals surface area contributed by atoms with Crippen LogP contribution in [0.1, 0.15) is 142 Å². The van der Waals surface area contributed by atoms with Crippen LogP contribution in [0.3, 0.4) is 0 Å². The predicted molar refractivity (Wildman–Crippen MR) is 127 cm³/mol. The number of esters is 1. The third-order valence-electron chi connectivity index (χ3n) is 5.94. The Morgan fingerprint density at radius 3 is 1.17 bits per heavy atom. The first-order chi connectivity index (χ1) is 14.7. The van der Waals surface area contributed by atoms with Crippen LogP contribution < -0.4 is 0 Å². The predicted octanol–water partition coefficient (Wildman–Crippen LogP) is 7.09. The zero-order valence-corrected chi connectivity index (χ0v) is 20.1. The van der Waals surface area contributed by atoms with E-state index in [1.54, 1.807) is 0 Å². The highest BCUT2D eigenvalue weighted by molar-refractivity contribution is 5.69. The van der Waals surface area contributed by atoms with Gasteiger partial charge in [0.1, 0.15) is 6.10 Å². The van der Waals surface area contributed by atoms with E-state index in [0.717, 1.165) is 12.8 Å². The summed E-state index contributed by atoms with van der Waals surface area (Å²) >= 11 is 0. The third-order valence-corrected chi connectivity index (χ3v) is 5.94. The molecule has 4 heteroatoms. The van der Waals surface area contributed by atoms with E-state index in [-0.39, 0.29) is 19.2 Å². The van der Waals surface area contributed by atoms with Gasteiger partial charge in [0.15, 0.2) is 0 Å². The zero-order valence-electron chi connectivity index (χ0n) is 20.1. The monoisotopic (exact) mass is 428 g/mol. The largest absolute Gasteiger partial charge is 0.457 e. The van der Waals surface area contributed by atoms with Crippen LogP contribution in [-0.4, -0.2) is 35.5 Å². The number of carbonyl (C=O) groups is 1. The zero-order chi connectivity index (χ0) is 22.1. The minimum Gasteiger partial charge on any atom is -0.457 e. The Kier molecular flexibility index (Phi) is 24.2. The molecule has 0 aromatic rings. The fraction of sp³-hybridized carbons (Fsp3) is 0.962. The van der Waals surface area contributed by atoms with Crippen LogP contribution in [0.5, 0.6) is 0 Å². The van der Waals surface area contributed by atoms with Crippen LogP contribution in [0.4, 0.5) is 0 Å². The maximum absolute atomic E-state index is 11.5. The lowest BCUT2D eigenvalue weighted by Gasteiger charge is -2.12. The molecule has 0 aliphatic rings. The van der Waals surface area contributed by atoms with Crippen molar-refractivity contribution in [2.45, 2.75) is 148 Å². The molecule has 2 N–H and O–H groups in total. The lowest BCUT2D eigenvalue weighted by Crippen LogP contribution is -2.25. The summed E-state index contributed by atoms with van der Waals surface area (Å²) in [5.74, 6) is -0.314. The van der Waals surface area contributed by atoms with Crippen molar-refractivity contribution in [3.05, 3.63) is 0 Å². The molecular formula is C26H52O4. The first-order valence-corrected chi connectivity index (χ1v) is 13.2. The molecule has 0 saturated carbocycles. The molecule has 0 spiro atoms. The summed E-state index contributed by atoms with van der Waals surface area (Å²) < 4.78 is 4.95. The quantitative estimate of drug-likeness (QED) is 0.127. The van der Waals surface area contributed by atoms with Gasteiger partial charge in [0.2, 0.25) is 0 Å². The maximum atomic E-state index is 11.5. The standard InChI is InChI=1S/C26H52O4/c1-2-3-4-5-6-7-8-9-10-11-12-13-14-15-16-17-18-19-20-21-22-26(29)30-25(23-27)24-28/h25,27-28H,2-24H2,1H3. The summed E-state index contributed by atoms with van der Waals surface area (Å²) in [7, 11) is 0. The van der Waals surface area contributed by atoms with E-state index >= 15 is 0 Å². The van der Waals surface area contributed by atoms with E-state index in [1.165, 1.54) is 116 Å². The molecule has 0 aliphatic carbocycles. The van der Waals surface area contributed by atoms with Crippen molar-refractivity contribution in [2.75, 3.05) is 13.2 Å². The van der Waals surface area contributed by atoms with Gasteiger partial charge in [-0.2, -0.15) is 0 Å². The van der Waals surface area contributed by atoms with E-state index in [2.05, 4.69) is 6.92 Å². The second-order valence-corrected chi connectivity index (χ2v) is 8.94. The van der Waals surface area contributed by atoms with E-state index in [4.69, 9.17) is 14.9 Å². The molecule has 0 aliphatic heterocycles. The molecule has 0 atom stereocenters. The molecule has 0 heterocycles. The summed E-state index contributed by atoms with van der Waals surface area (Å²) in [6, 6.07) is 0.